The Hall–Kier alpha value is -2.05. The van der Waals surface area contributed by atoms with Crippen molar-refractivity contribution in [2.24, 2.45) is 4.99 Å². The van der Waals surface area contributed by atoms with E-state index in [2.05, 4.69) is 33.6 Å². The summed E-state index contributed by atoms with van der Waals surface area (Å²) in [5, 5.41) is 7.61. The molecule has 6 nitrogen and oxygen atoms in total. The zero-order valence-electron chi connectivity index (χ0n) is 16.8. The number of hydrogen-bond acceptors (Lipinski definition) is 4. The van der Waals surface area contributed by atoms with Crippen LogP contribution >= 0.6 is 11.6 Å². The number of nitrogens with zero attached hydrogens (tertiary/aromatic N) is 2. The zero-order valence-corrected chi connectivity index (χ0v) is 17.6. The Bertz CT molecular complexity index is 793. The molecule has 1 saturated heterocycles. The van der Waals surface area contributed by atoms with Crippen LogP contribution in [0.15, 0.2) is 33.7 Å². The minimum Gasteiger partial charge on any atom is -0.444 e. The van der Waals surface area contributed by atoms with Crippen molar-refractivity contribution in [1.82, 2.24) is 15.6 Å². The Kier molecular flexibility index (Phi) is 6.97. The molecule has 1 aliphatic heterocycles. The second kappa shape index (κ2) is 9.43. The third-order valence-electron chi connectivity index (χ3n) is 5.28. The van der Waals surface area contributed by atoms with Gasteiger partial charge >= 0.3 is 0 Å². The van der Waals surface area contributed by atoms with E-state index in [-0.39, 0.29) is 5.41 Å². The van der Waals surface area contributed by atoms with E-state index in [1.54, 1.807) is 0 Å². The van der Waals surface area contributed by atoms with Crippen molar-refractivity contribution in [3.63, 3.8) is 0 Å². The molecular weight excluding hydrogens is 376 g/mol. The van der Waals surface area contributed by atoms with Gasteiger partial charge in [-0.25, -0.2) is 9.98 Å². The van der Waals surface area contributed by atoms with Crippen LogP contribution in [0.5, 0.6) is 0 Å². The minimum absolute atomic E-state index is 0.0805. The SMILES string of the molecule is CCNC(=NCc1nc(C)c(C)o1)NCC1(c2ccccc2Cl)CCOCC1. The summed E-state index contributed by atoms with van der Waals surface area (Å²) in [6, 6.07) is 8.10. The van der Waals surface area contributed by atoms with Crippen LogP contribution in [0.25, 0.3) is 0 Å². The van der Waals surface area contributed by atoms with Gasteiger partial charge in [0.05, 0.1) is 5.69 Å². The standard InChI is InChI=1S/C21H29ClN4O2/c1-4-23-20(24-13-19-26-15(2)16(3)28-19)25-14-21(9-11-27-12-10-21)17-7-5-6-8-18(17)22/h5-8H,4,9-14H2,1-3H3,(H2,23,24,25). The van der Waals surface area contributed by atoms with E-state index >= 15 is 0 Å². The fourth-order valence-electron chi connectivity index (χ4n) is 3.54. The highest BCUT2D eigenvalue weighted by Gasteiger charge is 2.36. The summed E-state index contributed by atoms with van der Waals surface area (Å²) in [6.45, 7) is 9.27. The average Bonchev–Trinajstić information content (AvgIpc) is 3.02. The van der Waals surface area contributed by atoms with E-state index in [9.17, 15) is 0 Å². The first-order chi connectivity index (χ1) is 13.5. The van der Waals surface area contributed by atoms with E-state index in [1.807, 2.05) is 32.0 Å². The normalized spacial score (nSPS) is 16.8. The number of halogens is 1. The van der Waals surface area contributed by atoms with Gasteiger partial charge in [0.15, 0.2) is 5.96 Å². The van der Waals surface area contributed by atoms with Crippen molar-refractivity contribution >= 4 is 17.6 Å². The molecule has 0 spiro atoms. The van der Waals surface area contributed by atoms with Gasteiger partial charge in [-0.05, 0) is 45.2 Å². The van der Waals surface area contributed by atoms with E-state index in [0.717, 1.165) is 61.6 Å². The van der Waals surface area contributed by atoms with Crippen LogP contribution in [0.3, 0.4) is 0 Å². The van der Waals surface area contributed by atoms with Gasteiger partial charge in [-0.3, -0.25) is 0 Å². The summed E-state index contributed by atoms with van der Waals surface area (Å²) in [5.41, 5.74) is 1.99. The molecule has 7 heteroatoms. The van der Waals surface area contributed by atoms with Crippen molar-refractivity contribution in [3.8, 4) is 0 Å². The quantitative estimate of drug-likeness (QED) is 0.566. The summed E-state index contributed by atoms with van der Waals surface area (Å²) in [5.74, 6) is 2.20. The number of ether oxygens (including phenoxy) is 1. The van der Waals surface area contributed by atoms with Crippen LogP contribution in [-0.4, -0.2) is 37.2 Å². The van der Waals surface area contributed by atoms with Crippen LogP contribution in [0.2, 0.25) is 5.02 Å². The molecule has 1 aliphatic rings. The fraction of sp³-hybridized carbons (Fsp3) is 0.524. The van der Waals surface area contributed by atoms with Gasteiger partial charge in [0.1, 0.15) is 12.3 Å². The van der Waals surface area contributed by atoms with Crippen molar-refractivity contribution in [2.75, 3.05) is 26.3 Å². The lowest BCUT2D eigenvalue weighted by atomic mass is 9.74. The number of benzene rings is 1. The average molecular weight is 405 g/mol. The maximum absolute atomic E-state index is 6.55. The van der Waals surface area contributed by atoms with Gasteiger partial charge in [0.25, 0.3) is 0 Å². The molecule has 28 heavy (non-hydrogen) atoms. The van der Waals surface area contributed by atoms with E-state index in [4.69, 9.17) is 20.8 Å². The van der Waals surface area contributed by atoms with Crippen molar-refractivity contribution < 1.29 is 9.15 Å². The lowest BCUT2D eigenvalue weighted by Crippen LogP contribution is -2.48. The maximum Gasteiger partial charge on any atom is 0.216 e. The fourth-order valence-corrected chi connectivity index (χ4v) is 3.88. The third-order valence-corrected chi connectivity index (χ3v) is 5.61. The molecule has 1 fully saturated rings. The minimum atomic E-state index is -0.0805. The summed E-state index contributed by atoms with van der Waals surface area (Å²) < 4.78 is 11.3. The third kappa shape index (κ3) is 4.86. The number of nitrogens with one attached hydrogen (secondary N) is 2. The predicted octanol–water partition coefficient (Wildman–Crippen LogP) is 3.75. The Balaban J connectivity index is 1.75. The van der Waals surface area contributed by atoms with Gasteiger partial charge in [0.2, 0.25) is 5.89 Å². The number of aliphatic imine (C=N–C) groups is 1. The van der Waals surface area contributed by atoms with E-state index in [0.29, 0.717) is 12.4 Å². The van der Waals surface area contributed by atoms with Crippen LogP contribution in [-0.2, 0) is 16.7 Å². The lowest BCUT2D eigenvalue weighted by molar-refractivity contribution is 0.0514. The van der Waals surface area contributed by atoms with Crippen LogP contribution in [0, 0.1) is 13.8 Å². The highest BCUT2D eigenvalue weighted by molar-refractivity contribution is 6.31. The topological polar surface area (TPSA) is 71.7 Å². The lowest BCUT2D eigenvalue weighted by Gasteiger charge is -2.38. The van der Waals surface area contributed by atoms with Crippen LogP contribution in [0.1, 0.15) is 42.7 Å². The number of aromatic nitrogens is 1. The summed E-state index contributed by atoms with van der Waals surface area (Å²) in [7, 11) is 0. The molecule has 0 atom stereocenters. The van der Waals surface area contributed by atoms with Gasteiger partial charge < -0.3 is 19.8 Å². The first-order valence-electron chi connectivity index (χ1n) is 9.82. The monoisotopic (exact) mass is 404 g/mol. The highest BCUT2D eigenvalue weighted by atomic mass is 35.5. The largest absolute Gasteiger partial charge is 0.444 e. The number of guanidine groups is 1. The Labute approximate surface area is 171 Å². The number of oxazole rings is 1. The molecule has 0 bridgehead atoms. The molecule has 1 aromatic carbocycles. The van der Waals surface area contributed by atoms with Crippen molar-refractivity contribution in [2.45, 2.75) is 45.6 Å². The summed E-state index contributed by atoms with van der Waals surface area (Å²) in [6.07, 6.45) is 1.84. The van der Waals surface area contributed by atoms with Gasteiger partial charge in [-0.1, -0.05) is 29.8 Å². The second-order valence-electron chi connectivity index (χ2n) is 7.17. The summed E-state index contributed by atoms with van der Waals surface area (Å²) in [4.78, 5) is 9.05. The molecule has 2 heterocycles. The molecule has 2 aromatic rings. The number of aryl methyl sites for hydroxylation is 2. The Morgan fingerprint density at radius 1 is 1.21 bits per heavy atom. The molecular formula is C21H29ClN4O2. The van der Waals surface area contributed by atoms with E-state index < -0.39 is 0 Å². The van der Waals surface area contributed by atoms with Gasteiger partial charge in [0, 0.05) is 36.7 Å². The smallest absolute Gasteiger partial charge is 0.216 e. The molecule has 2 N–H and O–H groups in total. The Morgan fingerprint density at radius 2 is 1.96 bits per heavy atom. The van der Waals surface area contributed by atoms with E-state index in [1.165, 1.54) is 5.56 Å². The van der Waals surface area contributed by atoms with Crippen molar-refractivity contribution in [3.05, 3.63) is 52.2 Å². The number of hydrogen-bond donors (Lipinski definition) is 2. The molecule has 152 valence electrons. The van der Waals surface area contributed by atoms with Crippen LogP contribution < -0.4 is 10.6 Å². The summed E-state index contributed by atoms with van der Waals surface area (Å²) >= 11 is 6.55. The van der Waals surface area contributed by atoms with Gasteiger partial charge in [-0.15, -0.1) is 0 Å². The molecule has 0 radical (unpaired) electrons. The first kappa shape index (κ1) is 20.7. The first-order valence-corrected chi connectivity index (χ1v) is 10.2. The molecule has 0 unspecified atom stereocenters. The van der Waals surface area contributed by atoms with Gasteiger partial charge in [-0.2, -0.15) is 0 Å². The molecule has 1 aromatic heterocycles. The molecule has 0 saturated carbocycles. The highest BCUT2D eigenvalue weighted by Crippen LogP contribution is 2.38. The molecule has 3 rings (SSSR count). The molecule has 0 amide bonds. The zero-order chi connectivity index (χ0) is 20.0. The Morgan fingerprint density at radius 3 is 2.61 bits per heavy atom. The molecule has 0 aliphatic carbocycles. The van der Waals surface area contributed by atoms with Crippen LogP contribution in [0.4, 0.5) is 0 Å². The number of rotatable bonds is 6. The maximum atomic E-state index is 6.55. The second-order valence-corrected chi connectivity index (χ2v) is 7.58. The van der Waals surface area contributed by atoms with Crippen molar-refractivity contribution in [1.29, 1.82) is 0 Å². The predicted molar refractivity (Wildman–Crippen MR) is 112 cm³/mol.